The molecule has 0 unspecified atom stereocenters. The quantitative estimate of drug-likeness (QED) is 0.780. The van der Waals surface area contributed by atoms with E-state index in [1.54, 1.807) is 0 Å². The first kappa shape index (κ1) is 18.3. The second kappa shape index (κ2) is 7.69. The number of aliphatic hydroxyl groups excluding tert-OH is 1. The minimum absolute atomic E-state index is 0.0751. The number of carbonyl (C=O) groups excluding carboxylic acids is 1. The normalized spacial score (nSPS) is 21.3. The van der Waals surface area contributed by atoms with Crippen LogP contribution >= 0.6 is 0 Å². The number of alkyl halides is 3. The standard InChI is InChI=1S/C15H20F3N3O3/c16-15(17,18)9-21-7-1-2-12(13(21)23)20-14(24)19-11-5-3-10(8-22)4-6-11/h1-2,7,10-11,22H,3-6,8-9H2,(H2,19,20,24). The van der Waals surface area contributed by atoms with Gasteiger partial charge in [0.15, 0.2) is 0 Å². The van der Waals surface area contributed by atoms with Crippen LogP contribution in [0.5, 0.6) is 0 Å². The molecule has 1 heterocycles. The fourth-order valence-electron chi connectivity index (χ4n) is 2.78. The minimum Gasteiger partial charge on any atom is -0.396 e. The largest absolute Gasteiger partial charge is 0.406 e. The van der Waals surface area contributed by atoms with Crippen molar-refractivity contribution in [3.05, 3.63) is 28.7 Å². The van der Waals surface area contributed by atoms with Crippen LogP contribution < -0.4 is 16.2 Å². The summed E-state index contributed by atoms with van der Waals surface area (Å²) in [6.07, 6.45) is -0.473. The third-order valence-corrected chi connectivity index (χ3v) is 4.06. The molecule has 1 saturated carbocycles. The van der Waals surface area contributed by atoms with E-state index in [1.807, 2.05) is 0 Å². The molecule has 3 N–H and O–H groups in total. The number of halogens is 3. The van der Waals surface area contributed by atoms with Crippen molar-refractivity contribution in [1.29, 1.82) is 0 Å². The second-order valence-electron chi connectivity index (χ2n) is 5.97. The zero-order valence-corrected chi connectivity index (χ0v) is 13.0. The molecule has 2 rings (SSSR count). The molecule has 1 fully saturated rings. The third kappa shape index (κ3) is 5.26. The molecule has 0 aliphatic heterocycles. The van der Waals surface area contributed by atoms with Crippen molar-refractivity contribution < 1.29 is 23.1 Å². The van der Waals surface area contributed by atoms with E-state index in [-0.39, 0.29) is 24.3 Å². The molecule has 0 radical (unpaired) electrons. The number of amides is 2. The van der Waals surface area contributed by atoms with E-state index in [1.165, 1.54) is 12.1 Å². The molecule has 0 saturated heterocycles. The van der Waals surface area contributed by atoms with Crippen LogP contribution in [0.3, 0.4) is 0 Å². The highest BCUT2D eigenvalue weighted by atomic mass is 19.4. The lowest BCUT2D eigenvalue weighted by Gasteiger charge is -2.27. The second-order valence-corrected chi connectivity index (χ2v) is 5.97. The van der Waals surface area contributed by atoms with Gasteiger partial charge in [0.25, 0.3) is 5.56 Å². The monoisotopic (exact) mass is 347 g/mol. The van der Waals surface area contributed by atoms with Crippen LogP contribution in [0.25, 0.3) is 0 Å². The first-order chi connectivity index (χ1) is 11.3. The average Bonchev–Trinajstić information content (AvgIpc) is 2.51. The maximum Gasteiger partial charge on any atom is 0.406 e. The summed E-state index contributed by atoms with van der Waals surface area (Å²) in [6.45, 7) is -1.28. The molecule has 0 atom stereocenters. The first-order valence-electron chi connectivity index (χ1n) is 7.73. The van der Waals surface area contributed by atoms with Crippen LogP contribution in [0.15, 0.2) is 23.1 Å². The van der Waals surface area contributed by atoms with Gasteiger partial charge < -0.3 is 20.3 Å². The van der Waals surface area contributed by atoms with E-state index in [2.05, 4.69) is 10.6 Å². The van der Waals surface area contributed by atoms with Crippen molar-refractivity contribution in [2.24, 2.45) is 5.92 Å². The van der Waals surface area contributed by atoms with Gasteiger partial charge in [0.2, 0.25) is 0 Å². The molecule has 1 aromatic heterocycles. The van der Waals surface area contributed by atoms with Crippen LogP contribution in [-0.2, 0) is 6.54 Å². The van der Waals surface area contributed by atoms with Crippen LogP contribution in [0.4, 0.5) is 23.7 Å². The zero-order chi connectivity index (χ0) is 17.7. The molecule has 0 bridgehead atoms. The van der Waals surface area contributed by atoms with Crippen molar-refractivity contribution in [1.82, 2.24) is 9.88 Å². The molecule has 0 spiro atoms. The molecular weight excluding hydrogens is 327 g/mol. The first-order valence-corrected chi connectivity index (χ1v) is 7.73. The van der Waals surface area contributed by atoms with Gasteiger partial charge in [-0.05, 0) is 43.7 Å². The molecule has 1 aliphatic rings. The number of urea groups is 1. The van der Waals surface area contributed by atoms with Crippen molar-refractivity contribution in [2.75, 3.05) is 11.9 Å². The van der Waals surface area contributed by atoms with Gasteiger partial charge in [0, 0.05) is 18.8 Å². The number of hydrogen-bond donors (Lipinski definition) is 3. The Morgan fingerprint density at radius 3 is 2.54 bits per heavy atom. The predicted molar refractivity (Wildman–Crippen MR) is 81.7 cm³/mol. The number of nitrogens with zero attached hydrogens (tertiary/aromatic N) is 1. The summed E-state index contributed by atoms with van der Waals surface area (Å²) in [5.74, 6) is 0.245. The van der Waals surface area contributed by atoms with Crippen molar-refractivity contribution in [3.8, 4) is 0 Å². The Labute approximate surface area is 136 Å². The van der Waals surface area contributed by atoms with E-state index >= 15 is 0 Å². The highest BCUT2D eigenvalue weighted by Gasteiger charge is 2.28. The van der Waals surface area contributed by atoms with E-state index in [0.29, 0.717) is 17.4 Å². The molecule has 134 valence electrons. The fraction of sp³-hybridized carbons (Fsp3) is 0.600. The molecule has 6 nitrogen and oxygen atoms in total. The van der Waals surface area contributed by atoms with E-state index in [0.717, 1.165) is 19.0 Å². The summed E-state index contributed by atoms with van der Waals surface area (Å²) in [5.41, 5.74) is -1.11. The lowest BCUT2D eigenvalue weighted by atomic mass is 9.87. The summed E-state index contributed by atoms with van der Waals surface area (Å²) in [7, 11) is 0. The topological polar surface area (TPSA) is 83.4 Å². The number of aromatic nitrogens is 1. The zero-order valence-electron chi connectivity index (χ0n) is 13.0. The molecule has 9 heteroatoms. The maximum absolute atomic E-state index is 12.4. The smallest absolute Gasteiger partial charge is 0.396 e. The van der Waals surface area contributed by atoms with Gasteiger partial charge in [0.1, 0.15) is 12.2 Å². The molecule has 0 aromatic carbocycles. The Morgan fingerprint density at radius 1 is 1.29 bits per heavy atom. The maximum atomic E-state index is 12.4. The Bertz CT molecular complexity index is 622. The number of pyridine rings is 1. The lowest BCUT2D eigenvalue weighted by molar-refractivity contribution is -0.141. The highest BCUT2D eigenvalue weighted by molar-refractivity contribution is 5.89. The number of hydrogen-bond acceptors (Lipinski definition) is 3. The van der Waals surface area contributed by atoms with Gasteiger partial charge in [-0.25, -0.2) is 4.79 Å². The van der Waals surface area contributed by atoms with Crippen molar-refractivity contribution in [3.63, 3.8) is 0 Å². The average molecular weight is 347 g/mol. The number of rotatable bonds is 4. The highest BCUT2D eigenvalue weighted by Crippen LogP contribution is 2.23. The summed E-state index contributed by atoms with van der Waals surface area (Å²) < 4.78 is 37.7. The molecule has 2 amide bonds. The molecule has 1 aliphatic carbocycles. The minimum atomic E-state index is -4.52. The van der Waals surface area contributed by atoms with E-state index in [4.69, 9.17) is 5.11 Å². The van der Waals surface area contributed by atoms with Crippen molar-refractivity contribution >= 4 is 11.7 Å². The summed E-state index contributed by atoms with van der Waals surface area (Å²) in [4.78, 5) is 23.9. The Hall–Kier alpha value is -2.03. The Morgan fingerprint density at radius 2 is 1.96 bits per heavy atom. The third-order valence-electron chi connectivity index (χ3n) is 4.06. The number of aliphatic hydroxyl groups is 1. The molecular formula is C15H20F3N3O3. The van der Waals surface area contributed by atoms with E-state index < -0.39 is 24.3 Å². The number of nitrogens with one attached hydrogen (secondary N) is 2. The molecule has 24 heavy (non-hydrogen) atoms. The van der Waals surface area contributed by atoms with Crippen LogP contribution in [0.2, 0.25) is 0 Å². The van der Waals surface area contributed by atoms with Crippen LogP contribution in [0, 0.1) is 5.92 Å². The summed E-state index contributed by atoms with van der Waals surface area (Å²) >= 11 is 0. The van der Waals surface area contributed by atoms with Gasteiger partial charge in [-0.2, -0.15) is 13.2 Å². The fourth-order valence-corrected chi connectivity index (χ4v) is 2.78. The Kier molecular flexibility index (Phi) is 5.87. The summed E-state index contributed by atoms with van der Waals surface area (Å²) in [5, 5.41) is 14.1. The van der Waals surface area contributed by atoms with Crippen molar-refractivity contribution in [2.45, 2.75) is 44.4 Å². The Balaban J connectivity index is 1.95. The van der Waals surface area contributed by atoms with Gasteiger partial charge in [-0.3, -0.25) is 4.79 Å². The van der Waals surface area contributed by atoms with Crippen LogP contribution in [0.1, 0.15) is 25.7 Å². The number of anilines is 1. The summed E-state index contributed by atoms with van der Waals surface area (Å²) in [6, 6.07) is 1.84. The van der Waals surface area contributed by atoms with Gasteiger partial charge >= 0.3 is 12.2 Å². The van der Waals surface area contributed by atoms with E-state index in [9.17, 15) is 22.8 Å². The molecule has 1 aromatic rings. The lowest BCUT2D eigenvalue weighted by Crippen LogP contribution is -2.41. The van der Waals surface area contributed by atoms with Crippen LogP contribution in [-0.4, -0.2) is 34.5 Å². The van der Waals surface area contributed by atoms with Gasteiger partial charge in [-0.15, -0.1) is 0 Å². The SMILES string of the molecule is O=C(Nc1cccn(CC(F)(F)F)c1=O)NC1CCC(CO)CC1. The predicted octanol–water partition coefficient (Wildman–Crippen LogP) is 2.08. The number of carbonyl (C=O) groups is 1. The van der Waals surface area contributed by atoms with Gasteiger partial charge in [-0.1, -0.05) is 0 Å². The van der Waals surface area contributed by atoms with Gasteiger partial charge in [0.05, 0.1) is 0 Å².